The van der Waals surface area contributed by atoms with E-state index in [1.807, 2.05) is 0 Å². The van der Waals surface area contributed by atoms with Crippen LogP contribution in [0.1, 0.15) is 39.2 Å². The number of nitrogens with zero attached hydrogens (tertiary/aromatic N) is 1. The molecule has 3 heteroatoms. The van der Waals surface area contributed by atoms with Crippen LogP contribution in [-0.4, -0.2) is 43.3 Å². The zero-order valence-corrected chi connectivity index (χ0v) is 13.2. The Bertz CT molecular complexity index is 400. The second-order valence-corrected chi connectivity index (χ2v) is 6.24. The zero-order chi connectivity index (χ0) is 14.5. The molecule has 1 aliphatic heterocycles. The van der Waals surface area contributed by atoms with Crippen LogP contribution in [0.25, 0.3) is 0 Å². The third-order valence-electron chi connectivity index (χ3n) is 4.01. The van der Waals surface area contributed by atoms with Gasteiger partial charge in [-0.15, -0.1) is 0 Å². The molecule has 0 spiro atoms. The van der Waals surface area contributed by atoms with Gasteiger partial charge < -0.3 is 10.1 Å². The maximum Gasteiger partial charge on any atom is 0.0874 e. The Hall–Kier alpha value is -1.06. The number of anilines is 1. The van der Waals surface area contributed by atoms with Crippen LogP contribution < -0.4 is 5.32 Å². The second-order valence-electron chi connectivity index (χ2n) is 6.24. The fourth-order valence-corrected chi connectivity index (χ4v) is 2.55. The van der Waals surface area contributed by atoms with Crippen LogP contribution in [0, 0.1) is 0 Å². The van der Waals surface area contributed by atoms with Gasteiger partial charge in [0.2, 0.25) is 0 Å². The van der Waals surface area contributed by atoms with E-state index in [1.54, 1.807) is 0 Å². The molecule has 1 fully saturated rings. The Labute approximate surface area is 123 Å². The van der Waals surface area contributed by atoms with Crippen LogP contribution in [0.5, 0.6) is 0 Å². The molecule has 0 bridgehead atoms. The van der Waals surface area contributed by atoms with E-state index >= 15 is 0 Å². The van der Waals surface area contributed by atoms with Crippen molar-refractivity contribution in [2.24, 2.45) is 0 Å². The Morgan fingerprint density at radius 1 is 1.20 bits per heavy atom. The van der Waals surface area contributed by atoms with E-state index < -0.39 is 0 Å². The number of ether oxygens (including phenoxy) is 1. The van der Waals surface area contributed by atoms with Crippen LogP contribution in [0.3, 0.4) is 0 Å². The summed E-state index contributed by atoms with van der Waals surface area (Å²) >= 11 is 0. The quantitative estimate of drug-likeness (QED) is 0.893. The Balaban J connectivity index is 1.82. The first-order chi connectivity index (χ1) is 9.56. The van der Waals surface area contributed by atoms with Crippen molar-refractivity contribution in [2.45, 2.75) is 45.8 Å². The molecule has 0 aromatic heterocycles. The van der Waals surface area contributed by atoms with Crippen molar-refractivity contribution in [3.05, 3.63) is 29.8 Å². The maximum atomic E-state index is 5.84. The molecule has 1 aliphatic rings. The average Bonchev–Trinajstić information content (AvgIpc) is 2.46. The van der Waals surface area contributed by atoms with Crippen molar-refractivity contribution in [1.29, 1.82) is 0 Å². The summed E-state index contributed by atoms with van der Waals surface area (Å²) in [5, 5.41) is 3.49. The predicted octanol–water partition coefficient (Wildman–Crippen LogP) is 3.33. The van der Waals surface area contributed by atoms with Gasteiger partial charge in [-0.2, -0.15) is 0 Å². The van der Waals surface area contributed by atoms with E-state index in [0.29, 0.717) is 12.0 Å². The Morgan fingerprint density at radius 3 is 2.50 bits per heavy atom. The standard InChI is InChI=1S/C17H28N2O/c1-13(2)15-5-7-16(8-6-15)18-11-17-12-19(14(3)4)9-10-20-17/h5-8,13-14,17-18H,9-12H2,1-4H3. The van der Waals surface area contributed by atoms with Gasteiger partial charge in [0.25, 0.3) is 0 Å². The highest BCUT2D eigenvalue weighted by Crippen LogP contribution is 2.17. The number of nitrogens with one attached hydrogen (secondary N) is 1. The molecular weight excluding hydrogens is 248 g/mol. The predicted molar refractivity (Wildman–Crippen MR) is 85.5 cm³/mol. The third kappa shape index (κ3) is 4.22. The molecule has 1 unspecified atom stereocenters. The molecular formula is C17H28N2O. The first-order valence-electron chi connectivity index (χ1n) is 7.75. The highest BCUT2D eigenvalue weighted by molar-refractivity contribution is 5.45. The summed E-state index contributed by atoms with van der Waals surface area (Å²) in [6.45, 7) is 12.7. The molecule has 1 aromatic rings. The van der Waals surface area contributed by atoms with Crippen LogP contribution in [-0.2, 0) is 4.74 Å². The van der Waals surface area contributed by atoms with Crippen molar-refractivity contribution >= 4 is 5.69 Å². The van der Waals surface area contributed by atoms with Gasteiger partial charge in [-0.1, -0.05) is 26.0 Å². The third-order valence-corrected chi connectivity index (χ3v) is 4.01. The Morgan fingerprint density at radius 2 is 1.90 bits per heavy atom. The molecule has 0 amide bonds. The highest BCUT2D eigenvalue weighted by Gasteiger charge is 2.21. The first kappa shape index (κ1) is 15.3. The van der Waals surface area contributed by atoms with E-state index in [2.05, 4.69) is 62.2 Å². The lowest BCUT2D eigenvalue weighted by atomic mass is 10.0. The summed E-state index contributed by atoms with van der Waals surface area (Å²) in [5.41, 5.74) is 2.56. The van der Waals surface area contributed by atoms with E-state index in [9.17, 15) is 0 Å². The van der Waals surface area contributed by atoms with Crippen LogP contribution in [0.15, 0.2) is 24.3 Å². The molecule has 3 nitrogen and oxygen atoms in total. The van der Waals surface area contributed by atoms with E-state index in [4.69, 9.17) is 4.74 Å². The minimum absolute atomic E-state index is 0.288. The largest absolute Gasteiger partial charge is 0.382 e. The fourth-order valence-electron chi connectivity index (χ4n) is 2.55. The van der Waals surface area contributed by atoms with Gasteiger partial charge >= 0.3 is 0 Å². The van der Waals surface area contributed by atoms with Crippen molar-refractivity contribution in [3.63, 3.8) is 0 Å². The minimum Gasteiger partial charge on any atom is -0.382 e. The molecule has 1 atom stereocenters. The van der Waals surface area contributed by atoms with Crippen molar-refractivity contribution in [3.8, 4) is 0 Å². The highest BCUT2D eigenvalue weighted by atomic mass is 16.5. The summed E-state index contributed by atoms with van der Waals surface area (Å²) in [4.78, 5) is 2.48. The molecule has 1 aromatic carbocycles. The molecule has 1 heterocycles. The monoisotopic (exact) mass is 276 g/mol. The fraction of sp³-hybridized carbons (Fsp3) is 0.647. The van der Waals surface area contributed by atoms with Gasteiger partial charge in [-0.05, 0) is 37.5 Å². The number of benzene rings is 1. The summed E-state index contributed by atoms with van der Waals surface area (Å²) in [6.07, 6.45) is 0.288. The van der Waals surface area contributed by atoms with Crippen molar-refractivity contribution in [1.82, 2.24) is 4.90 Å². The molecule has 20 heavy (non-hydrogen) atoms. The summed E-state index contributed by atoms with van der Waals surface area (Å²) in [5.74, 6) is 0.588. The summed E-state index contributed by atoms with van der Waals surface area (Å²) in [7, 11) is 0. The van der Waals surface area contributed by atoms with Gasteiger partial charge in [0.05, 0.1) is 12.7 Å². The number of hydrogen-bond donors (Lipinski definition) is 1. The van der Waals surface area contributed by atoms with Gasteiger partial charge in [0.1, 0.15) is 0 Å². The maximum absolute atomic E-state index is 5.84. The molecule has 0 saturated carbocycles. The summed E-state index contributed by atoms with van der Waals surface area (Å²) in [6, 6.07) is 9.34. The molecule has 1 N–H and O–H groups in total. The molecule has 112 valence electrons. The van der Waals surface area contributed by atoms with Gasteiger partial charge in [-0.3, -0.25) is 4.90 Å². The first-order valence-corrected chi connectivity index (χ1v) is 7.75. The van der Waals surface area contributed by atoms with Gasteiger partial charge in [-0.25, -0.2) is 0 Å². The zero-order valence-electron chi connectivity index (χ0n) is 13.2. The normalized spacial score (nSPS) is 20.6. The topological polar surface area (TPSA) is 24.5 Å². The van der Waals surface area contributed by atoms with E-state index in [0.717, 1.165) is 26.2 Å². The van der Waals surface area contributed by atoms with E-state index in [-0.39, 0.29) is 6.10 Å². The van der Waals surface area contributed by atoms with Crippen LogP contribution in [0.4, 0.5) is 5.69 Å². The van der Waals surface area contributed by atoms with E-state index in [1.165, 1.54) is 11.3 Å². The second kappa shape index (κ2) is 7.09. The number of rotatable bonds is 5. The van der Waals surface area contributed by atoms with Crippen LogP contribution in [0.2, 0.25) is 0 Å². The molecule has 1 saturated heterocycles. The average molecular weight is 276 g/mol. The smallest absolute Gasteiger partial charge is 0.0874 e. The SMILES string of the molecule is CC(C)c1ccc(NCC2CN(C(C)C)CCO2)cc1. The minimum atomic E-state index is 0.288. The van der Waals surface area contributed by atoms with Crippen molar-refractivity contribution < 1.29 is 4.74 Å². The van der Waals surface area contributed by atoms with Gasteiger partial charge in [0, 0.05) is 31.4 Å². The van der Waals surface area contributed by atoms with Crippen LogP contribution >= 0.6 is 0 Å². The summed E-state index contributed by atoms with van der Waals surface area (Å²) < 4.78 is 5.84. The molecule has 0 aliphatic carbocycles. The Kier molecular flexibility index (Phi) is 5.44. The number of morpholine rings is 1. The lowest BCUT2D eigenvalue weighted by molar-refractivity contribution is -0.0315. The number of hydrogen-bond acceptors (Lipinski definition) is 3. The molecule has 2 rings (SSSR count). The van der Waals surface area contributed by atoms with Crippen molar-refractivity contribution in [2.75, 3.05) is 31.6 Å². The van der Waals surface area contributed by atoms with Gasteiger partial charge in [0.15, 0.2) is 0 Å². The molecule has 0 radical (unpaired) electrons. The lowest BCUT2D eigenvalue weighted by Gasteiger charge is -2.35. The lowest BCUT2D eigenvalue weighted by Crippen LogP contribution is -2.48.